The maximum Gasteiger partial charge on any atom is 0.279 e. The number of para-hydroxylation sites is 1. The van der Waals surface area contributed by atoms with Crippen molar-refractivity contribution >= 4 is 17.5 Å². The van der Waals surface area contributed by atoms with Crippen molar-refractivity contribution in [1.29, 1.82) is 0 Å². The van der Waals surface area contributed by atoms with Crippen LogP contribution in [0, 0.1) is 17.5 Å². The molecule has 34 heavy (non-hydrogen) atoms. The van der Waals surface area contributed by atoms with Gasteiger partial charge in [0.25, 0.3) is 11.8 Å². The highest BCUT2D eigenvalue weighted by molar-refractivity contribution is 6.08. The number of aryl methyl sites for hydroxylation is 1. The molecule has 2 amide bonds. The van der Waals surface area contributed by atoms with Crippen LogP contribution in [-0.2, 0) is 13.0 Å². The van der Waals surface area contributed by atoms with E-state index in [4.69, 9.17) is 0 Å². The summed E-state index contributed by atoms with van der Waals surface area (Å²) in [5, 5.41) is 12.8. The van der Waals surface area contributed by atoms with Gasteiger partial charge in [-0.3, -0.25) is 14.4 Å². The van der Waals surface area contributed by atoms with Crippen LogP contribution in [0.2, 0.25) is 0 Å². The number of carbonyl (C=O) groups excluding carboxylic acids is 2. The molecule has 3 aromatic rings. The molecule has 3 heterocycles. The van der Waals surface area contributed by atoms with E-state index in [9.17, 15) is 32.7 Å². The summed E-state index contributed by atoms with van der Waals surface area (Å²) in [5.41, 5.74) is -0.694. The van der Waals surface area contributed by atoms with Gasteiger partial charge in [-0.1, -0.05) is 18.2 Å². The Balaban J connectivity index is 1.50. The number of rotatable bonds is 3. The predicted octanol–water partition coefficient (Wildman–Crippen LogP) is 3.05. The van der Waals surface area contributed by atoms with Crippen LogP contribution in [0.4, 0.5) is 18.9 Å². The first-order valence-electron chi connectivity index (χ1n) is 10.6. The molecule has 2 aliphatic heterocycles. The second-order valence-electron chi connectivity index (χ2n) is 8.24. The monoisotopic (exact) mass is 469 g/mol. The van der Waals surface area contributed by atoms with Crippen molar-refractivity contribution in [2.45, 2.75) is 25.4 Å². The number of carbonyl (C=O) groups is 2. The van der Waals surface area contributed by atoms with Crippen LogP contribution in [0.3, 0.4) is 0 Å². The van der Waals surface area contributed by atoms with Crippen molar-refractivity contribution in [2.24, 2.45) is 0 Å². The third kappa shape index (κ3) is 3.42. The molecule has 0 aliphatic carbocycles. The van der Waals surface area contributed by atoms with Crippen LogP contribution in [0.15, 0.2) is 47.4 Å². The Labute approximate surface area is 191 Å². The van der Waals surface area contributed by atoms with Crippen LogP contribution >= 0.6 is 0 Å². The van der Waals surface area contributed by atoms with Crippen LogP contribution < -0.4 is 15.6 Å². The molecule has 2 bridgehead atoms. The number of nitrogens with one attached hydrogen (secondary N) is 1. The summed E-state index contributed by atoms with van der Waals surface area (Å²) in [7, 11) is 0. The summed E-state index contributed by atoms with van der Waals surface area (Å²) >= 11 is 0. The van der Waals surface area contributed by atoms with E-state index in [2.05, 4.69) is 5.32 Å². The number of amides is 2. The Hall–Kier alpha value is -4.08. The van der Waals surface area contributed by atoms with Crippen LogP contribution in [0.25, 0.3) is 0 Å². The second-order valence-corrected chi connectivity index (χ2v) is 8.24. The van der Waals surface area contributed by atoms with Crippen molar-refractivity contribution < 1.29 is 27.9 Å². The highest BCUT2D eigenvalue weighted by Crippen LogP contribution is 2.37. The van der Waals surface area contributed by atoms with E-state index in [0.29, 0.717) is 30.7 Å². The summed E-state index contributed by atoms with van der Waals surface area (Å²) in [6.07, 6.45) is 2.42. The van der Waals surface area contributed by atoms with Gasteiger partial charge >= 0.3 is 0 Å². The first-order chi connectivity index (χ1) is 16.3. The van der Waals surface area contributed by atoms with Crippen LogP contribution in [0.5, 0.6) is 5.75 Å². The molecule has 0 spiro atoms. The number of anilines is 1. The SMILES string of the molecule is O=C(NCc1c(F)cc(F)cc1F)c1cn2c(c(O)c1=O)C(=O)N1C[C@H]2CCc2ccccc21. The summed E-state index contributed by atoms with van der Waals surface area (Å²) < 4.78 is 42.3. The molecule has 0 saturated carbocycles. The molecule has 5 rings (SSSR count). The van der Waals surface area contributed by atoms with Crippen molar-refractivity contribution in [3.63, 3.8) is 0 Å². The third-order valence-corrected chi connectivity index (χ3v) is 6.25. The Bertz CT molecular complexity index is 1400. The first-order valence-corrected chi connectivity index (χ1v) is 10.6. The van der Waals surface area contributed by atoms with E-state index < -0.39 is 58.1 Å². The summed E-state index contributed by atoms with van der Waals surface area (Å²) in [6, 6.07) is 8.01. The number of nitrogens with zero attached hydrogens (tertiary/aromatic N) is 2. The quantitative estimate of drug-likeness (QED) is 0.617. The Morgan fingerprint density at radius 3 is 2.56 bits per heavy atom. The molecule has 2 N–H and O–H groups in total. The van der Waals surface area contributed by atoms with Crippen molar-refractivity contribution in [1.82, 2.24) is 9.88 Å². The average molecular weight is 469 g/mol. The smallest absolute Gasteiger partial charge is 0.279 e. The molecule has 0 fully saturated rings. The number of benzene rings is 2. The highest BCUT2D eigenvalue weighted by atomic mass is 19.1. The summed E-state index contributed by atoms with van der Waals surface area (Å²) in [6.45, 7) is -0.359. The first kappa shape index (κ1) is 21.7. The minimum atomic E-state index is -1.19. The highest BCUT2D eigenvalue weighted by Gasteiger charge is 2.38. The van der Waals surface area contributed by atoms with Crippen LogP contribution in [0.1, 0.15) is 44.4 Å². The normalized spacial score (nSPS) is 16.5. The number of hydrogen-bond donors (Lipinski definition) is 2. The lowest BCUT2D eigenvalue weighted by Gasteiger charge is -2.35. The van der Waals surface area contributed by atoms with E-state index in [1.165, 1.54) is 15.7 Å². The summed E-state index contributed by atoms with van der Waals surface area (Å²) in [4.78, 5) is 40.2. The van der Waals surface area contributed by atoms with Gasteiger partial charge in [0, 0.05) is 42.7 Å². The van der Waals surface area contributed by atoms with Gasteiger partial charge in [0.05, 0.1) is 6.04 Å². The van der Waals surface area contributed by atoms with E-state index in [1.807, 2.05) is 12.1 Å². The lowest BCUT2D eigenvalue weighted by molar-refractivity contribution is 0.0929. The zero-order valence-electron chi connectivity index (χ0n) is 17.6. The van der Waals surface area contributed by atoms with Crippen LogP contribution in [-0.4, -0.2) is 28.0 Å². The van der Waals surface area contributed by atoms with Crippen molar-refractivity contribution in [3.8, 4) is 5.75 Å². The molecular weight excluding hydrogens is 451 g/mol. The number of pyridine rings is 1. The number of halogens is 3. The van der Waals surface area contributed by atoms with Gasteiger partial charge in [-0.15, -0.1) is 0 Å². The van der Waals surface area contributed by atoms with Crippen molar-refractivity contribution in [3.05, 3.63) is 92.7 Å². The Kier molecular flexibility index (Phi) is 5.15. The molecule has 0 saturated heterocycles. The third-order valence-electron chi connectivity index (χ3n) is 6.25. The Morgan fingerprint density at radius 2 is 1.82 bits per heavy atom. The molecule has 10 heteroatoms. The fourth-order valence-electron chi connectivity index (χ4n) is 4.54. The minimum Gasteiger partial charge on any atom is -0.503 e. The number of hydrogen-bond acceptors (Lipinski definition) is 4. The maximum atomic E-state index is 13.9. The van der Waals surface area contributed by atoms with Gasteiger partial charge in [0.2, 0.25) is 5.43 Å². The minimum absolute atomic E-state index is 0.217. The maximum absolute atomic E-state index is 13.9. The lowest BCUT2D eigenvalue weighted by Crippen LogP contribution is -2.44. The standard InChI is InChI=1S/C24H18F3N3O4/c25-13-7-17(26)15(18(27)8-13)9-28-23(33)16-11-29-14-6-5-12-3-1-2-4-19(12)30(10-14)24(34)20(29)22(32)21(16)31/h1-4,7-8,11,14,32H,5-6,9-10H2,(H,28,33)/t14-/m1/s1. The second kappa shape index (κ2) is 8.05. The van der Waals surface area contributed by atoms with Gasteiger partial charge in [-0.25, -0.2) is 13.2 Å². The molecule has 0 radical (unpaired) electrons. The van der Waals surface area contributed by atoms with E-state index in [0.717, 1.165) is 5.56 Å². The zero-order valence-corrected chi connectivity index (χ0v) is 17.6. The van der Waals surface area contributed by atoms with E-state index in [-0.39, 0.29) is 18.3 Å². The molecular formula is C24H18F3N3O4. The Morgan fingerprint density at radius 1 is 1.12 bits per heavy atom. The fourth-order valence-corrected chi connectivity index (χ4v) is 4.54. The lowest BCUT2D eigenvalue weighted by atomic mass is 10.0. The topological polar surface area (TPSA) is 91.6 Å². The number of fused-ring (bicyclic) bond motifs is 6. The van der Waals surface area contributed by atoms with Gasteiger partial charge in [-0.2, -0.15) is 0 Å². The summed E-state index contributed by atoms with van der Waals surface area (Å²) in [5.74, 6) is -5.91. The molecule has 2 aromatic carbocycles. The van der Waals surface area contributed by atoms with E-state index >= 15 is 0 Å². The molecule has 7 nitrogen and oxygen atoms in total. The average Bonchev–Trinajstić information content (AvgIpc) is 2.97. The van der Waals surface area contributed by atoms with Crippen molar-refractivity contribution in [2.75, 3.05) is 11.4 Å². The fraction of sp³-hybridized carbons (Fsp3) is 0.208. The molecule has 1 atom stereocenters. The number of aromatic hydroxyl groups is 1. The zero-order chi connectivity index (χ0) is 24.1. The molecule has 2 aliphatic rings. The molecule has 0 unspecified atom stereocenters. The van der Waals surface area contributed by atoms with Gasteiger partial charge in [0.1, 0.15) is 23.0 Å². The van der Waals surface area contributed by atoms with E-state index in [1.54, 1.807) is 12.1 Å². The predicted molar refractivity (Wildman–Crippen MR) is 115 cm³/mol. The van der Waals surface area contributed by atoms with Gasteiger partial charge < -0.3 is 19.9 Å². The van der Waals surface area contributed by atoms with Gasteiger partial charge in [0.15, 0.2) is 11.4 Å². The van der Waals surface area contributed by atoms with Gasteiger partial charge in [-0.05, 0) is 24.5 Å². The molecule has 174 valence electrons. The largest absolute Gasteiger partial charge is 0.503 e. The molecule has 1 aromatic heterocycles. The number of aromatic nitrogens is 1.